The molecule has 1 aliphatic rings. The fraction of sp³-hybridized carbons (Fsp3) is 0.500. The van der Waals surface area contributed by atoms with Crippen LogP contribution in [0.2, 0.25) is 0 Å². The van der Waals surface area contributed by atoms with E-state index in [1.165, 1.54) is 7.11 Å². The summed E-state index contributed by atoms with van der Waals surface area (Å²) in [6, 6.07) is 3.48. The number of aryl methyl sites for hydroxylation is 1. The lowest BCUT2D eigenvalue weighted by atomic mass is 9.92. The van der Waals surface area contributed by atoms with E-state index in [0.29, 0.717) is 36.6 Å². The highest BCUT2D eigenvalue weighted by atomic mass is 16.5. The van der Waals surface area contributed by atoms with E-state index in [2.05, 4.69) is 15.5 Å². The molecule has 0 saturated carbocycles. The number of carbonyl (C=O) groups is 2. The normalized spacial score (nSPS) is 17.2. The summed E-state index contributed by atoms with van der Waals surface area (Å²) in [5.41, 5.74) is 1.56. The number of hydrogen-bond acceptors (Lipinski definition) is 5. The van der Waals surface area contributed by atoms with Gasteiger partial charge in [0.15, 0.2) is 0 Å². The molecule has 0 radical (unpaired) electrons. The summed E-state index contributed by atoms with van der Waals surface area (Å²) in [5, 5.41) is 6.40. The molecule has 0 bridgehead atoms. The van der Waals surface area contributed by atoms with E-state index in [9.17, 15) is 9.59 Å². The summed E-state index contributed by atoms with van der Waals surface area (Å²) in [6.45, 7) is 1.36. The molecule has 3 heterocycles. The summed E-state index contributed by atoms with van der Waals surface area (Å²) in [7, 11) is 3.14. The van der Waals surface area contributed by atoms with Gasteiger partial charge in [0.1, 0.15) is 5.76 Å². The van der Waals surface area contributed by atoms with Crippen LogP contribution in [0.5, 0.6) is 5.88 Å². The lowest BCUT2D eigenvalue weighted by molar-refractivity contribution is -0.132. The minimum atomic E-state index is -0.107. The second-order valence-electron chi connectivity index (χ2n) is 6.40. The van der Waals surface area contributed by atoms with Gasteiger partial charge in [0, 0.05) is 56.9 Å². The highest BCUT2D eigenvalue weighted by Crippen LogP contribution is 2.29. The Morgan fingerprint density at radius 3 is 3.08 bits per heavy atom. The summed E-state index contributed by atoms with van der Waals surface area (Å²) >= 11 is 0. The zero-order chi connectivity index (χ0) is 18.5. The number of likely N-dealkylation sites (tertiary alicyclic amines) is 1. The third kappa shape index (κ3) is 3.89. The summed E-state index contributed by atoms with van der Waals surface area (Å²) in [6.07, 6.45) is 4.49. The van der Waals surface area contributed by atoms with Gasteiger partial charge in [0.05, 0.1) is 12.7 Å². The first kappa shape index (κ1) is 18.0. The molecule has 0 spiro atoms. The van der Waals surface area contributed by atoms with Gasteiger partial charge in [-0.05, 0) is 24.1 Å². The van der Waals surface area contributed by atoms with Gasteiger partial charge in [-0.3, -0.25) is 9.59 Å². The Kier molecular flexibility index (Phi) is 5.60. The lowest BCUT2D eigenvalue weighted by Gasteiger charge is -2.33. The molecule has 26 heavy (non-hydrogen) atoms. The molecule has 3 rings (SSSR count). The van der Waals surface area contributed by atoms with Crippen LogP contribution in [0.4, 0.5) is 0 Å². The number of hydrogen-bond donors (Lipinski definition) is 2. The Hall–Kier alpha value is -2.77. The van der Waals surface area contributed by atoms with Crippen molar-refractivity contribution in [2.24, 2.45) is 0 Å². The van der Waals surface area contributed by atoms with Crippen LogP contribution in [0.15, 0.2) is 22.9 Å². The molecule has 1 atom stereocenters. The highest BCUT2D eigenvalue weighted by molar-refractivity contribution is 5.95. The largest absolute Gasteiger partial charge is 0.479 e. The average Bonchev–Trinajstić information content (AvgIpc) is 3.34. The molecule has 8 heteroatoms. The molecule has 1 aliphatic heterocycles. The molecule has 1 saturated heterocycles. The quantitative estimate of drug-likeness (QED) is 0.817. The molecule has 1 unspecified atom stereocenters. The van der Waals surface area contributed by atoms with Gasteiger partial charge < -0.3 is 24.5 Å². The van der Waals surface area contributed by atoms with Gasteiger partial charge >= 0.3 is 0 Å². The smallest absolute Gasteiger partial charge is 0.254 e. The van der Waals surface area contributed by atoms with Crippen LogP contribution in [-0.4, -0.2) is 54.1 Å². The van der Waals surface area contributed by atoms with Crippen LogP contribution in [0.1, 0.15) is 47.0 Å². The summed E-state index contributed by atoms with van der Waals surface area (Å²) < 4.78 is 10.1. The minimum absolute atomic E-state index is 0.0816. The van der Waals surface area contributed by atoms with E-state index in [0.717, 1.165) is 25.1 Å². The van der Waals surface area contributed by atoms with E-state index in [1.807, 2.05) is 4.90 Å². The molecular weight excluding hydrogens is 336 g/mol. The maximum Gasteiger partial charge on any atom is 0.254 e. The number of H-pyrrole nitrogens is 1. The highest BCUT2D eigenvalue weighted by Gasteiger charge is 2.28. The van der Waals surface area contributed by atoms with Crippen molar-refractivity contribution in [3.8, 4) is 5.88 Å². The Bertz CT molecular complexity index is 767. The lowest BCUT2D eigenvalue weighted by Crippen LogP contribution is -2.39. The predicted molar refractivity (Wildman–Crippen MR) is 94.1 cm³/mol. The van der Waals surface area contributed by atoms with Crippen molar-refractivity contribution in [3.05, 3.63) is 35.3 Å². The molecule has 0 aromatic carbocycles. The third-order valence-electron chi connectivity index (χ3n) is 4.76. The molecule has 0 aliphatic carbocycles. The Morgan fingerprint density at radius 2 is 2.35 bits per heavy atom. The zero-order valence-electron chi connectivity index (χ0n) is 15.1. The number of carbonyl (C=O) groups excluding carboxylic acids is 2. The van der Waals surface area contributed by atoms with Gasteiger partial charge in [-0.2, -0.15) is 0 Å². The van der Waals surface area contributed by atoms with Gasteiger partial charge in [-0.15, -0.1) is 0 Å². The van der Waals surface area contributed by atoms with Crippen LogP contribution in [0.3, 0.4) is 0 Å². The monoisotopic (exact) mass is 360 g/mol. The number of ether oxygens (including phenoxy) is 1. The van der Waals surface area contributed by atoms with Gasteiger partial charge in [-0.25, -0.2) is 0 Å². The van der Waals surface area contributed by atoms with Crippen LogP contribution >= 0.6 is 0 Å². The average molecular weight is 360 g/mol. The summed E-state index contributed by atoms with van der Waals surface area (Å²) in [4.78, 5) is 29.6. The second-order valence-corrected chi connectivity index (χ2v) is 6.40. The molecule has 2 amide bonds. The molecule has 2 N–H and O–H groups in total. The van der Waals surface area contributed by atoms with Crippen molar-refractivity contribution >= 4 is 11.8 Å². The molecule has 2 aromatic heterocycles. The summed E-state index contributed by atoms with van der Waals surface area (Å²) in [5.74, 6) is 1.16. The zero-order valence-corrected chi connectivity index (χ0v) is 15.1. The van der Waals surface area contributed by atoms with Crippen LogP contribution in [0, 0.1) is 0 Å². The number of rotatable bonds is 6. The third-order valence-corrected chi connectivity index (χ3v) is 4.76. The van der Waals surface area contributed by atoms with Crippen LogP contribution in [-0.2, 0) is 11.2 Å². The van der Waals surface area contributed by atoms with Gasteiger partial charge in [-0.1, -0.05) is 0 Å². The number of nitrogens with zero attached hydrogens (tertiary/aromatic N) is 2. The van der Waals surface area contributed by atoms with Crippen molar-refractivity contribution in [2.45, 2.75) is 31.6 Å². The predicted octanol–water partition coefficient (Wildman–Crippen LogP) is 1.71. The fourth-order valence-corrected chi connectivity index (χ4v) is 3.39. The first-order chi connectivity index (χ1) is 12.6. The Balaban J connectivity index is 1.60. The Labute approximate surface area is 151 Å². The number of methoxy groups -OCH3 is 1. The van der Waals surface area contributed by atoms with Crippen molar-refractivity contribution in [1.29, 1.82) is 0 Å². The number of nitrogens with one attached hydrogen (secondary N) is 2. The van der Waals surface area contributed by atoms with Gasteiger partial charge in [0.25, 0.3) is 11.8 Å². The topological polar surface area (TPSA) is 100 Å². The van der Waals surface area contributed by atoms with E-state index in [-0.39, 0.29) is 17.7 Å². The standard InChI is InChI=1S/C18H24N4O4/c1-19-18(24)14-7-8-20-17(14)12-4-3-9-22(11-12)16(23)6-5-13-10-15(25-2)21-26-13/h7-8,10,12,20H,3-6,9,11H2,1-2H3,(H,19,24). The number of aromatic amines is 1. The first-order valence-electron chi connectivity index (χ1n) is 8.79. The maximum atomic E-state index is 12.6. The number of piperidine rings is 1. The maximum absolute atomic E-state index is 12.6. The fourth-order valence-electron chi connectivity index (χ4n) is 3.39. The van der Waals surface area contributed by atoms with E-state index in [4.69, 9.17) is 9.26 Å². The van der Waals surface area contributed by atoms with Gasteiger partial charge in [0.2, 0.25) is 5.91 Å². The van der Waals surface area contributed by atoms with Crippen molar-refractivity contribution in [3.63, 3.8) is 0 Å². The second kappa shape index (κ2) is 8.07. The molecule has 2 aromatic rings. The van der Waals surface area contributed by atoms with Crippen LogP contribution < -0.4 is 10.1 Å². The van der Waals surface area contributed by atoms with Crippen LogP contribution in [0.25, 0.3) is 0 Å². The van der Waals surface area contributed by atoms with Crippen molar-refractivity contribution in [1.82, 2.24) is 20.4 Å². The molecular formula is C18H24N4O4. The van der Waals surface area contributed by atoms with E-state index in [1.54, 1.807) is 25.4 Å². The SMILES string of the molecule is CNC(=O)c1cc[nH]c1C1CCCN(C(=O)CCc2cc(OC)no2)C1. The van der Waals surface area contributed by atoms with E-state index < -0.39 is 0 Å². The number of amides is 2. The molecule has 8 nitrogen and oxygen atoms in total. The minimum Gasteiger partial charge on any atom is -0.479 e. The van der Waals surface area contributed by atoms with E-state index >= 15 is 0 Å². The first-order valence-corrected chi connectivity index (χ1v) is 8.79. The molecule has 1 fully saturated rings. The number of aromatic nitrogens is 2. The Morgan fingerprint density at radius 1 is 1.50 bits per heavy atom. The van der Waals surface area contributed by atoms with Crippen molar-refractivity contribution < 1.29 is 18.8 Å². The molecule has 140 valence electrons. The van der Waals surface area contributed by atoms with Crippen molar-refractivity contribution in [2.75, 3.05) is 27.2 Å².